The molecule has 2 heteroatoms. The van der Waals surface area contributed by atoms with Crippen LogP contribution in [-0.2, 0) is 0 Å². The Bertz CT molecular complexity index is 134. The van der Waals surface area contributed by atoms with E-state index in [0.717, 1.165) is 18.0 Å². The molecule has 2 fully saturated rings. The fourth-order valence-corrected chi connectivity index (χ4v) is 2.50. The van der Waals surface area contributed by atoms with Crippen LogP contribution in [0.1, 0.15) is 26.2 Å². The van der Waals surface area contributed by atoms with E-state index in [1.807, 2.05) is 0 Å². The molecule has 2 N–H and O–H groups in total. The highest BCUT2D eigenvalue weighted by molar-refractivity contribution is 4.99. The lowest BCUT2D eigenvalue weighted by atomic mass is 9.98. The standard InChI is InChI=1S/C9H18N2/c1-2-3-8-9-7(6-11-8)4-5-10-9/h7-11H,2-6H2,1H3/t7-,8-,9-/m1/s1. The fraction of sp³-hybridized carbons (Fsp3) is 1.00. The first-order chi connectivity index (χ1) is 5.42. The third kappa shape index (κ3) is 1.30. The summed E-state index contributed by atoms with van der Waals surface area (Å²) in [6.45, 7) is 4.77. The highest BCUT2D eigenvalue weighted by atomic mass is 15.1. The zero-order valence-corrected chi connectivity index (χ0v) is 7.27. The second kappa shape index (κ2) is 3.11. The monoisotopic (exact) mass is 154 g/mol. The van der Waals surface area contributed by atoms with Crippen LogP contribution < -0.4 is 10.6 Å². The van der Waals surface area contributed by atoms with Gasteiger partial charge in [-0.25, -0.2) is 0 Å². The molecule has 0 radical (unpaired) electrons. The molecule has 3 atom stereocenters. The average Bonchev–Trinajstić information content (AvgIpc) is 2.53. The van der Waals surface area contributed by atoms with Gasteiger partial charge >= 0.3 is 0 Å². The zero-order valence-electron chi connectivity index (χ0n) is 7.27. The molecule has 2 aliphatic rings. The molecule has 2 saturated heterocycles. The van der Waals surface area contributed by atoms with Crippen molar-refractivity contribution in [2.45, 2.75) is 38.3 Å². The Morgan fingerprint density at radius 1 is 1.36 bits per heavy atom. The molecule has 0 spiro atoms. The lowest BCUT2D eigenvalue weighted by Gasteiger charge is -2.17. The van der Waals surface area contributed by atoms with Crippen LogP contribution >= 0.6 is 0 Å². The quantitative estimate of drug-likeness (QED) is 0.613. The van der Waals surface area contributed by atoms with Gasteiger partial charge in [-0.1, -0.05) is 13.3 Å². The molecular weight excluding hydrogens is 136 g/mol. The number of fused-ring (bicyclic) bond motifs is 1. The van der Waals surface area contributed by atoms with Crippen LogP contribution in [0.15, 0.2) is 0 Å². The van der Waals surface area contributed by atoms with Gasteiger partial charge in [-0.3, -0.25) is 0 Å². The van der Waals surface area contributed by atoms with Crippen LogP contribution in [0.25, 0.3) is 0 Å². The molecule has 2 heterocycles. The van der Waals surface area contributed by atoms with Crippen LogP contribution in [0.2, 0.25) is 0 Å². The van der Waals surface area contributed by atoms with Crippen LogP contribution in [0, 0.1) is 5.92 Å². The van der Waals surface area contributed by atoms with Crippen LogP contribution in [0.4, 0.5) is 0 Å². The Hall–Kier alpha value is -0.0800. The normalized spacial score (nSPS) is 42.8. The van der Waals surface area contributed by atoms with E-state index in [4.69, 9.17) is 0 Å². The van der Waals surface area contributed by atoms with Crippen LogP contribution in [-0.4, -0.2) is 25.2 Å². The average molecular weight is 154 g/mol. The molecule has 0 amide bonds. The van der Waals surface area contributed by atoms with Crippen molar-refractivity contribution in [2.75, 3.05) is 13.1 Å². The molecule has 0 unspecified atom stereocenters. The van der Waals surface area contributed by atoms with Crippen molar-refractivity contribution >= 4 is 0 Å². The summed E-state index contributed by atoms with van der Waals surface area (Å²) < 4.78 is 0. The number of hydrogen-bond donors (Lipinski definition) is 2. The van der Waals surface area contributed by atoms with E-state index >= 15 is 0 Å². The van der Waals surface area contributed by atoms with Gasteiger partial charge in [-0.05, 0) is 31.8 Å². The van der Waals surface area contributed by atoms with Gasteiger partial charge in [-0.2, -0.15) is 0 Å². The Morgan fingerprint density at radius 2 is 2.27 bits per heavy atom. The molecule has 0 bridgehead atoms. The maximum Gasteiger partial charge on any atom is 0.0261 e. The van der Waals surface area contributed by atoms with E-state index < -0.39 is 0 Å². The zero-order chi connectivity index (χ0) is 7.68. The molecule has 2 rings (SSSR count). The van der Waals surface area contributed by atoms with E-state index in [1.165, 1.54) is 32.4 Å². The largest absolute Gasteiger partial charge is 0.312 e. The van der Waals surface area contributed by atoms with Crippen molar-refractivity contribution in [1.82, 2.24) is 10.6 Å². The summed E-state index contributed by atoms with van der Waals surface area (Å²) in [6, 6.07) is 1.57. The summed E-state index contributed by atoms with van der Waals surface area (Å²) in [5.74, 6) is 0.937. The fourth-order valence-electron chi connectivity index (χ4n) is 2.50. The first-order valence-corrected chi connectivity index (χ1v) is 4.88. The van der Waals surface area contributed by atoms with Crippen LogP contribution in [0.5, 0.6) is 0 Å². The summed E-state index contributed by atoms with van der Waals surface area (Å²) >= 11 is 0. The van der Waals surface area contributed by atoms with Gasteiger partial charge in [0.25, 0.3) is 0 Å². The molecule has 0 aromatic heterocycles. The van der Waals surface area contributed by atoms with Gasteiger partial charge in [0.15, 0.2) is 0 Å². The van der Waals surface area contributed by atoms with Crippen molar-refractivity contribution in [1.29, 1.82) is 0 Å². The summed E-state index contributed by atoms with van der Waals surface area (Å²) in [6.07, 6.45) is 4.04. The predicted octanol–water partition coefficient (Wildman–Crippen LogP) is 0.736. The topological polar surface area (TPSA) is 24.1 Å². The van der Waals surface area contributed by atoms with E-state index in [1.54, 1.807) is 0 Å². The van der Waals surface area contributed by atoms with Crippen molar-refractivity contribution in [3.63, 3.8) is 0 Å². The van der Waals surface area contributed by atoms with Crippen molar-refractivity contribution < 1.29 is 0 Å². The molecule has 64 valence electrons. The summed E-state index contributed by atoms with van der Waals surface area (Å²) in [5, 5.41) is 7.19. The number of hydrogen-bond acceptors (Lipinski definition) is 2. The molecule has 0 aromatic rings. The Morgan fingerprint density at radius 3 is 3.09 bits per heavy atom. The van der Waals surface area contributed by atoms with E-state index in [9.17, 15) is 0 Å². The molecule has 0 aromatic carbocycles. The number of rotatable bonds is 2. The second-order valence-electron chi connectivity index (χ2n) is 3.83. The minimum atomic E-state index is 0.771. The summed E-state index contributed by atoms with van der Waals surface area (Å²) in [7, 11) is 0. The maximum atomic E-state index is 3.60. The molecule has 2 nitrogen and oxygen atoms in total. The first kappa shape index (κ1) is 7.56. The maximum absolute atomic E-state index is 3.60. The Balaban J connectivity index is 1.92. The SMILES string of the molecule is CCC[C@H]1NC[C@H]2CCN[C@H]21. The smallest absolute Gasteiger partial charge is 0.0261 e. The van der Waals surface area contributed by atoms with Crippen LogP contribution in [0.3, 0.4) is 0 Å². The second-order valence-corrected chi connectivity index (χ2v) is 3.83. The minimum Gasteiger partial charge on any atom is -0.312 e. The third-order valence-corrected chi connectivity index (χ3v) is 3.08. The molecular formula is C9H18N2. The van der Waals surface area contributed by atoms with Crippen molar-refractivity contribution in [3.05, 3.63) is 0 Å². The highest BCUT2D eigenvalue weighted by Gasteiger charge is 2.37. The van der Waals surface area contributed by atoms with Crippen molar-refractivity contribution in [2.24, 2.45) is 5.92 Å². The lowest BCUT2D eigenvalue weighted by Crippen LogP contribution is -2.38. The third-order valence-electron chi connectivity index (χ3n) is 3.08. The first-order valence-electron chi connectivity index (χ1n) is 4.88. The van der Waals surface area contributed by atoms with E-state index in [-0.39, 0.29) is 0 Å². The molecule has 0 saturated carbocycles. The van der Waals surface area contributed by atoms with Gasteiger partial charge in [0.05, 0.1) is 0 Å². The van der Waals surface area contributed by atoms with Gasteiger partial charge in [-0.15, -0.1) is 0 Å². The van der Waals surface area contributed by atoms with Gasteiger partial charge in [0.2, 0.25) is 0 Å². The van der Waals surface area contributed by atoms with Gasteiger partial charge < -0.3 is 10.6 Å². The highest BCUT2D eigenvalue weighted by Crippen LogP contribution is 2.25. The van der Waals surface area contributed by atoms with E-state index in [2.05, 4.69) is 17.6 Å². The van der Waals surface area contributed by atoms with Gasteiger partial charge in [0.1, 0.15) is 0 Å². The number of nitrogens with one attached hydrogen (secondary N) is 2. The predicted molar refractivity (Wildman–Crippen MR) is 46.6 cm³/mol. The van der Waals surface area contributed by atoms with Crippen molar-refractivity contribution in [3.8, 4) is 0 Å². The Labute approximate surface area is 68.7 Å². The minimum absolute atomic E-state index is 0.771. The summed E-state index contributed by atoms with van der Waals surface area (Å²) in [5.41, 5.74) is 0. The lowest BCUT2D eigenvalue weighted by molar-refractivity contribution is 0.442. The molecule has 0 aliphatic carbocycles. The molecule has 2 aliphatic heterocycles. The van der Waals surface area contributed by atoms with E-state index in [0.29, 0.717) is 0 Å². The van der Waals surface area contributed by atoms with Gasteiger partial charge in [0, 0.05) is 12.1 Å². The molecule has 11 heavy (non-hydrogen) atoms. The Kier molecular flexibility index (Phi) is 2.14. The summed E-state index contributed by atoms with van der Waals surface area (Å²) in [4.78, 5) is 0.